The van der Waals surface area contributed by atoms with Crippen LogP contribution in [0.25, 0.3) is 0 Å². The van der Waals surface area contributed by atoms with E-state index >= 15 is 0 Å². The Kier molecular flexibility index (Phi) is 3.58. The highest BCUT2D eigenvalue weighted by atomic mass is 16.7. The van der Waals surface area contributed by atoms with E-state index in [1.165, 1.54) is 7.11 Å². The van der Waals surface area contributed by atoms with Gasteiger partial charge in [0.25, 0.3) is 5.91 Å². The molecule has 2 aliphatic rings. The average molecular weight is 278 g/mol. The van der Waals surface area contributed by atoms with E-state index in [0.717, 1.165) is 0 Å². The van der Waals surface area contributed by atoms with Gasteiger partial charge >= 0.3 is 0 Å². The maximum Gasteiger partial charge on any atom is 0.259 e. The summed E-state index contributed by atoms with van der Waals surface area (Å²) in [6.45, 7) is 2.53. The summed E-state index contributed by atoms with van der Waals surface area (Å²) in [7, 11) is 1.52. The maximum atomic E-state index is 12.5. The molecule has 3 rings (SSSR count). The number of hydrogen-bond acceptors (Lipinski definition) is 5. The van der Waals surface area contributed by atoms with Crippen LogP contribution in [0.4, 0.5) is 0 Å². The SMILES string of the molecule is COc1ncccc1C(=O)N1CCC2(CC1)OCCO2. The second-order valence-electron chi connectivity index (χ2n) is 4.96. The Hall–Kier alpha value is -1.66. The van der Waals surface area contributed by atoms with Gasteiger partial charge in [-0.1, -0.05) is 0 Å². The lowest BCUT2D eigenvalue weighted by Gasteiger charge is -2.37. The van der Waals surface area contributed by atoms with E-state index in [-0.39, 0.29) is 5.91 Å². The van der Waals surface area contributed by atoms with Crippen LogP contribution in [0.15, 0.2) is 18.3 Å². The van der Waals surface area contributed by atoms with Gasteiger partial charge in [0.05, 0.1) is 20.3 Å². The third-order valence-electron chi connectivity index (χ3n) is 3.82. The molecule has 0 bridgehead atoms. The second-order valence-corrected chi connectivity index (χ2v) is 4.96. The standard InChI is InChI=1S/C14H18N2O4/c1-18-12-11(3-2-6-15-12)13(17)16-7-4-14(5-8-16)19-9-10-20-14/h2-3,6H,4-5,7-10H2,1H3. The number of carbonyl (C=O) groups is 1. The van der Waals surface area contributed by atoms with Crippen LogP contribution in [0, 0.1) is 0 Å². The van der Waals surface area contributed by atoms with E-state index in [4.69, 9.17) is 14.2 Å². The van der Waals surface area contributed by atoms with Crippen LogP contribution in [0.3, 0.4) is 0 Å². The summed E-state index contributed by atoms with van der Waals surface area (Å²) in [6.07, 6.45) is 3.03. The van der Waals surface area contributed by atoms with Crippen molar-refractivity contribution < 1.29 is 19.0 Å². The molecular weight excluding hydrogens is 260 g/mol. The third-order valence-corrected chi connectivity index (χ3v) is 3.82. The Bertz CT molecular complexity index is 490. The first kappa shape index (κ1) is 13.3. The Morgan fingerprint density at radius 2 is 2.05 bits per heavy atom. The summed E-state index contributed by atoms with van der Waals surface area (Å²) in [5, 5.41) is 0. The summed E-state index contributed by atoms with van der Waals surface area (Å²) in [5.41, 5.74) is 0.499. The Labute approximate surface area is 117 Å². The Morgan fingerprint density at radius 3 is 2.70 bits per heavy atom. The van der Waals surface area contributed by atoms with Gasteiger partial charge in [-0.3, -0.25) is 4.79 Å². The molecule has 1 spiro atoms. The van der Waals surface area contributed by atoms with Crippen molar-refractivity contribution in [2.45, 2.75) is 18.6 Å². The minimum Gasteiger partial charge on any atom is -0.480 e. The second kappa shape index (κ2) is 5.38. The number of aromatic nitrogens is 1. The molecule has 2 fully saturated rings. The number of ether oxygens (including phenoxy) is 3. The van der Waals surface area contributed by atoms with Crippen LogP contribution in [0.1, 0.15) is 23.2 Å². The van der Waals surface area contributed by atoms with Gasteiger partial charge in [-0.25, -0.2) is 4.98 Å². The fourth-order valence-electron chi connectivity index (χ4n) is 2.72. The normalized spacial score (nSPS) is 21.1. The monoisotopic (exact) mass is 278 g/mol. The zero-order valence-corrected chi connectivity index (χ0v) is 11.5. The number of methoxy groups -OCH3 is 1. The van der Waals surface area contributed by atoms with Gasteiger partial charge in [0.1, 0.15) is 5.56 Å². The number of carbonyl (C=O) groups excluding carboxylic acids is 1. The average Bonchev–Trinajstić information content (AvgIpc) is 2.95. The molecule has 20 heavy (non-hydrogen) atoms. The molecule has 6 nitrogen and oxygen atoms in total. The number of hydrogen-bond donors (Lipinski definition) is 0. The third kappa shape index (κ3) is 2.36. The van der Waals surface area contributed by atoms with Gasteiger partial charge < -0.3 is 19.1 Å². The van der Waals surface area contributed by atoms with Crippen molar-refractivity contribution in [3.8, 4) is 5.88 Å². The molecule has 3 heterocycles. The predicted molar refractivity (Wildman–Crippen MR) is 70.6 cm³/mol. The maximum absolute atomic E-state index is 12.5. The predicted octanol–water partition coefficient (Wildman–Crippen LogP) is 1.07. The van der Waals surface area contributed by atoms with Crippen LogP contribution in [-0.4, -0.2) is 55.0 Å². The molecule has 0 atom stereocenters. The number of amides is 1. The smallest absolute Gasteiger partial charge is 0.259 e. The van der Waals surface area contributed by atoms with E-state index in [2.05, 4.69) is 4.98 Å². The molecule has 108 valence electrons. The number of piperidine rings is 1. The molecule has 6 heteroatoms. The fraction of sp³-hybridized carbons (Fsp3) is 0.571. The molecule has 0 aliphatic carbocycles. The van der Waals surface area contributed by atoms with Crippen molar-refractivity contribution in [3.05, 3.63) is 23.9 Å². The van der Waals surface area contributed by atoms with Crippen molar-refractivity contribution in [1.29, 1.82) is 0 Å². The molecule has 1 amide bonds. The van der Waals surface area contributed by atoms with Crippen molar-refractivity contribution in [2.24, 2.45) is 0 Å². The first-order chi connectivity index (χ1) is 9.74. The van der Waals surface area contributed by atoms with E-state index in [9.17, 15) is 4.79 Å². The lowest BCUT2D eigenvalue weighted by molar-refractivity contribution is -0.181. The molecule has 0 saturated carbocycles. The van der Waals surface area contributed by atoms with Gasteiger partial charge in [0, 0.05) is 32.1 Å². The van der Waals surface area contributed by atoms with Gasteiger partial charge in [0.15, 0.2) is 5.79 Å². The highest BCUT2D eigenvalue weighted by Gasteiger charge is 2.41. The molecular formula is C14H18N2O4. The number of rotatable bonds is 2. The molecule has 0 N–H and O–H groups in total. The van der Waals surface area contributed by atoms with Gasteiger partial charge in [-0.15, -0.1) is 0 Å². The minimum absolute atomic E-state index is 0.0530. The highest BCUT2D eigenvalue weighted by Crippen LogP contribution is 2.32. The van der Waals surface area contributed by atoms with Crippen LogP contribution in [0.5, 0.6) is 5.88 Å². The first-order valence-electron chi connectivity index (χ1n) is 6.80. The fourth-order valence-corrected chi connectivity index (χ4v) is 2.72. The summed E-state index contributed by atoms with van der Waals surface area (Å²) in [6, 6.07) is 3.48. The van der Waals surface area contributed by atoms with Crippen molar-refractivity contribution in [3.63, 3.8) is 0 Å². The van der Waals surface area contributed by atoms with E-state index < -0.39 is 5.79 Å². The zero-order valence-electron chi connectivity index (χ0n) is 11.5. The molecule has 1 aromatic heterocycles. The van der Waals surface area contributed by atoms with E-state index in [0.29, 0.717) is 50.6 Å². The lowest BCUT2D eigenvalue weighted by atomic mass is 10.0. The largest absolute Gasteiger partial charge is 0.480 e. The van der Waals surface area contributed by atoms with Crippen molar-refractivity contribution >= 4 is 5.91 Å². The van der Waals surface area contributed by atoms with Crippen LogP contribution >= 0.6 is 0 Å². The van der Waals surface area contributed by atoms with Gasteiger partial charge in [-0.05, 0) is 12.1 Å². The van der Waals surface area contributed by atoms with Crippen LogP contribution < -0.4 is 4.74 Å². The molecule has 2 aliphatic heterocycles. The summed E-state index contributed by atoms with van der Waals surface area (Å²) < 4.78 is 16.5. The molecule has 0 radical (unpaired) electrons. The van der Waals surface area contributed by atoms with Crippen molar-refractivity contribution in [2.75, 3.05) is 33.4 Å². The van der Waals surface area contributed by atoms with Crippen LogP contribution in [-0.2, 0) is 9.47 Å². The molecule has 0 unspecified atom stereocenters. The number of likely N-dealkylation sites (tertiary alicyclic amines) is 1. The lowest BCUT2D eigenvalue weighted by Crippen LogP contribution is -2.47. The summed E-state index contributed by atoms with van der Waals surface area (Å²) >= 11 is 0. The number of nitrogens with zero attached hydrogens (tertiary/aromatic N) is 2. The number of pyridine rings is 1. The Morgan fingerprint density at radius 1 is 1.35 bits per heavy atom. The van der Waals surface area contributed by atoms with Crippen LogP contribution in [0.2, 0.25) is 0 Å². The quantitative estimate of drug-likeness (QED) is 0.810. The minimum atomic E-state index is -0.462. The van der Waals surface area contributed by atoms with E-state index in [1.807, 2.05) is 0 Å². The molecule has 2 saturated heterocycles. The molecule has 1 aromatic rings. The first-order valence-corrected chi connectivity index (χ1v) is 6.80. The summed E-state index contributed by atoms with van der Waals surface area (Å²) in [5.74, 6) is -0.149. The summed E-state index contributed by atoms with van der Waals surface area (Å²) in [4.78, 5) is 18.4. The highest BCUT2D eigenvalue weighted by molar-refractivity contribution is 5.96. The van der Waals surface area contributed by atoms with Gasteiger partial charge in [-0.2, -0.15) is 0 Å². The van der Waals surface area contributed by atoms with E-state index in [1.54, 1.807) is 23.2 Å². The zero-order chi connectivity index (χ0) is 14.0. The van der Waals surface area contributed by atoms with Gasteiger partial charge in [0.2, 0.25) is 5.88 Å². The Balaban J connectivity index is 1.70. The van der Waals surface area contributed by atoms with Crippen molar-refractivity contribution in [1.82, 2.24) is 9.88 Å². The topological polar surface area (TPSA) is 60.9 Å². The molecule has 0 aromatic carbocycles.